The van der Waals surface area contributed by atoms with Crippen LogP contribution in [0.15, 0.2) is 29.2 Å². The predicted octanol–water partition coefficient (Wildman–Crippen LogP) is 2.50. The predicted molar refractivity (Wildman–Crippen MR) is 102 cm³/mol. The maximum absolute atomic E-state index is 13.1. The molecule has 0 N–H and O–H groups in total. The van der Waals surface area contributed by atoms with Gasteiger partial charge in [0.2, 0.25) is 10.0 Å². The highest BCUT2D eigenvalue weighted by Crippen LogP contribution is 2.36. The Bertz CT molecular complexity index is 770. The molecule has 6 nitrogen and oxygen atoms in total. The molecule has 27 heavy (non-hydrogen) atoms. The summed E-state index contributed by atoms with van der Waals surface area (Å²) in [4.78, 5) is 15.4. The summed E-state index contributed by atoms with van der Waals surface area (Å²) in [6.45, 7) is 2.41. The van der Waals surface area contributed by atoms with Crippen molar-refractivity contribution in [1.29, 1.82) is 0 Å². The molecule has 1 amide bonds. The first-order chi connectivity index (χ1) is 13.1. The van der Waals surface area contributed by atoms with E-state index in [1.54, 1.807) is 24.3 Å². The van der Waals surface area contributed by atoms with Crippen molar-refractivity contribution in [2.24, 2.45) is 5.92 Å². The first kappa shape index (κ1) is 18.9. The molecule has 1 aliphatic carbocycles. The normalized spacial score (nSPS) is 27.2. The number of benzene rings is 1. The quantitative estimate of drug-likeness (QED) is 0.793. The smallest absolute Gasteiger partial charge is 0.254 e. The monoisotopic (exact) mass is 392 g/mol. The van der Waals surface area contributed by atoms with Gasteiger partial charge in [-0.1, -0.05) is 12.8 Å². The third-order valence-corrected chi connectivity index (χ3v) is 8.13. The third-order valence-electron chi connectivity index (χ3n) is 6.21. The molecule has 2 saturated heterocycles. The van der Waals surface area contributed by atoms with Crippen LogP contribution in [0.25, 0.3) is 0 Å². The number of carbonyl (C=O) groups is 1. The van der Waals surface area contributed by atoms with E-state index >= 15 is 0 Å². The van der Waals surface area contributed by atoms with Crippen LogP contribution in [0.4, 0.5) is 0 Å². The van der Waals surface area contributed by atoms with Gasteiger partial charge in [-0.05, 0) is 55.9 Å². The molecular weight excluding hydrogens is 364 g/mol. The van der Waals surface area contributed by atoms with E-state index in [0.717, 1.165) is 19.4 Å². The Labute approximate surface area is 161 Å². The second kappa shape index (κ2) is 7.89. The van der Waals surface area contributed by atoms with Crippen LogP contribution in [0.1, 0.15) is 48.9 Å². The van der Waals surface area contributed by atoms with Gasteiger partial charge in [-0.3, -0.25) is 4.79 Å². The van der Waals surface area contributed by atoms with E-state index < -0.39 is 10.0 Å². The van der Waals surface area contributed by atoms with Gasteiger partial charge in [-0.25, -0.2) is 8.42 Å². The molecule has 0 bridgehead atoms. The standard InChI is InChI=1S/C20H28N2O4S/c23-20(22-11-3-5-16-4-1-2-6-19(16)22)17-7-9-18(10-8-17)27(24,25)21-12-14-26-15-13-21/h7-10,16,19H,1-6,11-15H2/t16-,19+/m0/s1. The maximum atomic E-state index is 13.1. The minimum absolute atomic E-state index is 0.0434. The van der Waals surface area contributed by atoms with Crippen LogP contribution < -0.4 is 0 Å². The van der Waals surface area contributed by atoms with Crippen molar-refractivity contribution in [3.05, 3.63) is 29.8 Å². The van der Waals surface area contributed by atoms with Gasteiger partial charge in [0, 0.05) is 31.2 Å². The van der Waals surface area contributed by atoms with Gasteiger partial charge in [0.25, 0.3) is 5.91 Å². The van der Waals surface area contributed by atoms with Crippen LogP contribution in [0.5, 0.6) is 0 Å². The van der Waals surface area contributed by atoms with Crippen molar-refractivity contribution in [2.75, 3.05) is 32.8 Å². The van der Waals surface area contributed by atoms with Gasteiger partial charge in [0.05, 0.1) is 18.1 Å². The first-order valence-electron chi connectivity index (χ1n) is 10.1. The van der Waals surface area contributed by atoms with Crippen molar-refractivity contribution in [2.45, 2.75) is 49.5 Å². The third kappa shape index (κ3) is 3.77. The average Bonchev–Trinajstić information content (AvgIpc) is 2.73. The molecule has 7 heteroatoms. The summed E-state index contributed by atoms with van der Waals surface area (Å²) in [5, 5.41) is 0. The van der Waals surface area contributed by atoms with Gasteiger partial charge in [-0.15, -0.1) is 0 Å². The fourth-order valence-electron chi connectivity index (χ4n) is 4.75. The highest BCUT2D eigenvalue weighted by atomic mass is 32.2. The van der Waals surface area contributed by atoms with E-state index in [2.05, 4.69) is 0 Å². The number of rotatable bonds is 3. The van der Waals surface area contributed by atoms with Crippen LogP contribution in [0, 0.1) is 5.92 Å². The lowest BCUT2D eigenvalue weighted by molar-refractivity contribution is 0.0390. The van der Waals surface area contributed by atoms with Crippen molar-refractivity contribution in [1.82, 2.24) is 9.21 Å². The topological polar surface area (TPSA) is 66.9 Å². The Balaban J connectivity index is 1.50. The van der Waals surface area contributed by atoms with E-state index in [0.29, 0.717) is 43.8 Å². The van der Waals surface area contributed by atoms with Crippen LogP contribution in [-0.2, 0) is 14.8 Å². The zero-order valence-corrected chi connectivity index (χ0v) is 16.5. The number of nitrogens with zero attached hydrogens (tertiary/aromatic N) is 2. The summed E-state index contributed by atoms with van der Waals surface area (Å²) in [5.74, 6) is 0.680. The Kier molecular flexibility index (Phi) is 5.53. The summed E-state index contributed by atoms with van der Waals surface area (Å²) < 4.78 is 32.2. The zero-order valence-electron chi connectivity index (χ0n) is 15.7. The highest BCUT2D eigenvalue weighted by molar-refractivity contribution is 7.89. The molecule has 3 fully saturated rings. The minimum atomic E-state index is -3.52. The number of piperidine rings is 1. The van der Waals surface area contributed by atoms with Crippen molar-refractivity contribution < 1.29 is 17.9 Å². The Morgan fingerprint density at radius 2 is 1.59 bits per heavy atom. The number of morpholine rings is 1. The molecular formula is C20H28N2O4S. The lowest BCUT2D eigenvalue weighted by Gasteiger charge is -2.44. The lowest BCUT2D eigenvalue weighted by Crippen LogP contribution is -2.49. The van der Waals surface area contributed by atoms with Gasteiger partial charge in [0.1, 0.15) is 0 Å². The number of hydrogen-bond acceptors (Lipinski definition) is 4. The van der Waals surface area contributed by atoms with Gasteiger partial charge in [-0.2, -0.15) is 4.31 Å². The average molecular weight is 393 g/mol. The largest absolute Gasteiger partial charge is 0.379 e. The summed E-state index contributed by atoms with van der Waals surface area (Å²) in [6.07, 6.45) is 7.09. The van der Waals surface area contributed by atoms with E-state index in [9.17, 15) is 13.2 Å². The molecule has 1 saturated carbocycles. The van der Waals surface area contributed by atoms with E-state index in [-0.39, 0.29) is 10.8 Å². The van der Waals surface area contributed by atoms with Crippen LogP contribution >= 0.6 is 0 Å². The van der Waals surface area contributed by atoms with Crippen molar-refractivity contribution >= 4 is 15.9 Å². The minimum Gasteiger partial charge on any atom is -0.379 e. The first-order valence-corrected chi connectivity index (χ1v) is 11.5. The fourth-order valence-corrected chi connectivity index (χ4v) is 6.16. The van der Waals surface area contributed by atoms with Crippen LogP contribution in [0.3, 0.4) is 0 Å². The van der Waals surface area contributed by atoms with E-state index in [1.807, 2.05) is 4.90 Å². The van der Waals surface area contributed by atoms with Gasteiger partial charge >= 0.3 is 0 Å². The molecule has 4 rings (SSSR count). The summed E-state index contributed by atoms with van der Waals surface area (Å²) in [7, 11) is -3.52. The Hall–Kier alpha value is -1.44. The number of ether oxygens (including phenoxy) is 1. The van der Waals surface area contributed by atoms with E-state index in [1.165, 1.54) is 30.0 Å². The Morgan fingerprint density at radius 3 is 2.33 bits per heavy atom. The lowest BCUT2D eigenvalue weighted by atomic mass is 9.78. The molecule has 2 atom stereocenters. The number of amides is 1. The second-order valence-electron chi connectivity index (χ2n) is 7.79. The summed E-state index contributed by atoms with van der Waals surface area (Å²) >= 11 is 0. The number of hydrogen-bond donors (Lipinski definition) is 0. The van der Waals surface area contributed by atoms with Crippen LogP contribution in [-0.4, -0.2) is 62.4 Å². The Morgan fingerprint density at radius 1 is 0.926 bits per heavy atom. The summed E-state index contributed by atoms with van der Waals surface area (Å²) in [6, 6.07) is 6.84. The number of carbonyl (C=O) groups excluding carboxylic acids is 1. The second-order valence-corrected chi connectivity index (χ2v) is 9.73. The number of fused-ring (bicyclic) bond motifs is 1. The molecule has 3 aliphatic rings. The van der Waals surface area contributed by atoms with E-state index in [4.69, 9.17) is 4.74 Å². The molecule has 2 aliphatic heterocycles. The molecule has 0 radical (unpaired) electrons. The molecule has 148 valence electrons. The van der Waals surface area contributed by atoms with Gasteiger partial charge in [0.15, 0.2) is 0 Å². The molecule has 2 heterocycles. The fraction of sp³-hybridized carbons (Fsp3) is 0.650. The van der Waals surface area contributed by atoms with Crippen molar-refractivity contribution in [3.63, 3.8) is 0 Å². The molecule has 1 aromatic rings. The molecule has 0 unspecified atom stereocenters. The highest BCUT2D eigenvalue weighted by Gasteiger charge is 2.36. The molecule has 1 aromatic carbocycles. The molecule has 0 spiro atoms. The van der Waals surface area contributed by atoms with Crippen molar-refractivity contribution in [3.8, 4) is 0 Å². The van der Waals surface area contributed by atoms with Crippen LogP contribution in [0.2, 0.25) is 0 Å². The summed E-state index contributed by atoms with van der Waals surface area (Å²) in [5.41, 5.74) is 0.585. The van der Waals surface area contributed by atoms with Gasteiger partial charge < -0.3 is 9.64 Å². The zero-order chi connectivity index (χ0) is 18.9. The maximum Gasteiger partial charge on any atom is 0.254 e. The molecule has 0 aromatic heterocycles. The number of likely N-dealkylation sites (tertiary alicyclic amines) is 1. The SMILES string of the molecule is O=C(c1ccc(S(=O)(=O)N2CCOCC2)cc1)N1CCC[C@@H]2CCCC[C@H]21. The number of sulfonamides is 1.